The molecule has 2 aliphatic rings. The Morgan fingerprint density at radius 1 is 1.24 bits per heavy atom. The van der Waals surface area contributed by atoms with Gasteiger partial charge < -0.3 is 14.9 Å². The van der Waals surface area contributed by atoms with Gasteiger partial charge in [-0.2, -0.15) is 0 Å². The summed E-state index contributed by atoms with van der Waals surface area (Å²) in [6, 6.07) is 1.82. The van der Waals surface area contributed by atoms with E-state index in [9.17, 15) is 4.79 Å². The molecule has 0 bridgehead atoms. The van der Waals surface area contributed by atoms with E-state index < -0.39 is 0 Å². The van der Waals surface area contributed by atoms with E-state index in [1.165, 1.54) is 0 Å². The number of anilines is 1. The molecule has 6 heteroatoms. The summed E-state index contributed by atoms with van der Waals surface area (Å²) < 4.78 is 0. The topological polar surface area (TPSA) is 69.6 Å². The molecule has 0 saturated carbocycles. The van der Waals surface area contributed by atoms with Gasteiger partial charge in [-0.05, 0) is 25.3 Å². The largest absolute Gasteiger partial charge is 0.395 e. The average molecular weight is 290 g/mol. The molecule has 0 radical (unpaired) electrons. The van der Waals surface area contributed by atoms with E-state index in [0.29, 0.717) is 13.0 Å². The summed E-state index contributed by atoms with van der Waals surface area (Å²) in [5.74, 6) is 0.949. The van der Waals surface area contributed by atoms with Crippen LogP contribution in [0.5, 0.6) is 0 Å². The summed E-state index contributed by atoms with van der Waals surface area (Å²) in [6.07, 6.45) is 7.28. The normalized spacial score (nSPS) is 26.4. The molecule has 1 aromatic rings. The first-order valence-corrected chi connectivity index (χ1v) is 7.63. The molecule has 1 atom stereocenters. The standard InChI is InChI=1S/C15H22N4O2/c20-10-9-18-11-15(5-3-13(18)21)4-1-8-19(12-15)14-16-6-2-7-17-14/h2,6-7,20H,1,3-5,8-12H2/t15-/m1/s1. The molecule has 1 amide bonds. The lowest BCUT2D eigenvalue weighted by Crippen LogP contribution is -2.54. The maximum absolute atomic E-state index is 11.9. The van der Waals surface area contributed by atoms with E-state index in [1.807, 2.05) is 11.0 Å². The van der Waals surface area contributed by atoms with E-state index >= 15 is 0 Å². The molecule has 1 aromatic heterocycles. The van der Waals surface area contributed by atoms with Crippen molar-refractivity contribution in [3.8, 4) is 0 Å². The lowest BCUT2D eigenvalue weighted by atomic mass is 9.73. The Morgan fingerprint density at radius 2 is 2.05 bits per heavy atom. The van der Waals surface area contributed by atoms with E-state index in [4.69, 9.17) is 5.11 Å². The van der Waals surface area contributed by atoms with Gasteiger partial charge in [-0.3, -0.25) is 4.79 Å². The maximum atomic E-state index is 11.9. The molecule has 6 nitrogen and oxygen atoms in total. The second-order valence-corrected chi connectivity index (χ2v) is 6.11. The predicted molar refractivity (Wildman–Crippen MR) is 78.8 cm³/mol. The van der Waals surface area contributed by atoms with Crippen LogP contribution in [0, 0.1) is 5.41 Å². The zero-order valence-corrected chi connectivity index (χ0v) is 12.2. The van der Waals surface area contributed by atoms with Gasteiger partial charge >= 0.3 is 0 Å². The van der Waals surface area contributed by atoms with Gasteiger partial charge in [0.05, 0.1) is 6.61 Å². The summed E-state index contributed by atoms with van der Waals surface area (Å²) in [4.78, 5) is 24.7. The van der Waals surface area contributed by atoms with Crippen molar-refractivity contribution in [3.63, 3.8) is 0 Å². The van der Waals surface area contributed by atoms with Gasteiger partial charge in [-0.25, -0.2) is 9.97 Å². The third kappa shape index (κ3) is 3.00. The van der Waals surface area contributed by atoms with Crippen molar-refractivity contribution in [2.75, 3.05) is 37.7 Å². The van der Waals surface area contributed by atoms with Gasteiger partial charge in [0.1, 0.15) is 0 Å². The Labute approximate surface area is 124 Å². The minimum absolute atomic E-state index is 0.0351. The quantitative estimate of drug-likeness (QED) is 0.886. The highest BCUT2D eigenvalue weighted by Gasteiger charge is 2.42. The fourth-order valence-corrected chi connectivity index (χ4v) is 3.59. The smallest absolute Gasteiger partial charge is 0.225 e. The van der Waals surface area contributed by atoms with Gasteiger partial charge in [0.15, 0.2) is 0 Å². The van der Waals surface area contributed by atoms with Crippen molar-refractivity contribution in [2.24, 2.45) is 5.41 Å². The van der Waals surface area contributed by atoms with Gasteiger partial charge in [-0.1, -0.05) is 0 Å². The zero-order valence-electron chi connectivity index (χ0n) is 12.2. The SMILES string of the molecule is O=C1CC[C@]2(CCCN(c3ncccn3)C2)CN1CCO. The molecule has 0 aliphatic carbocycles. The number of aliphatic hydroxyl groups excluding tert-OH is 1. The number of hydrogen-bond acceptors (Lipinski definition) is 5. The second kappa shape index (κ2) is 5.97. The zero-order chi connectivity index (χ0) is 14.7. The molecule has 1 spiro atoms. The van der Waals surface area contributed by atoms with Crippen LogP contribution in [0.2, 0.25) is 0 Å². The van der Waals surface area contributed by atoms with Crippen LogP contribution in [0.25, 0.3) is 0 Å². The Hall–Kier alpha value is -1.69. The van der Waals surface area contributed by atoms with Crippen molar-refractivity contribution in [1.29, 1.82) is 0 Å². The number of aromatic nitrogens is 2. The van der Waals surface area contributed by atoms with Crippen LogP contribution in [0.4, 0.5) is 5.95 Å². The predicted octanol–water partition coefficient (Wildman–Crippen LogP) is 0.678. The summed E-state index contributed by atoms with van der Waals surface area (Å²) >= 11 is 0. The number of aliphatic hydroxyl groups is 1. The summed E-state index contributed by atoms with van der Waals surface area (Å²) in [5.41, 5.74) is 0.126. The monoisotopic (exact) mass is 290 g/mol. The highest BCUT2D eigenvalue weighted by Crippen LogP contribution is 2.39. The van der Waals surface area contributed by atoms with Gasteiger partial charge in [0.25, 0.3) is 0 Å². The first kappa shape index (κ1) is 14.3. The van der Waals surface area contributed by atoms with Crippen molar-refractivity contribution in [2.45, 2.75) is 25.7 Å². The highest BCUT2D eigenvalue weighted by atomic mass is 16.3. The van der Waals surface area contributed by atoms with Gasteiger partial charge in [0.2, 0.25) is 11.9 Å². The van der Waals surface area contributed by atoms with Crippen molar-refractivity contribution >= 4 is 11.9 Å². The van der Waals surface area contributed by atoms with E-state index in [2.05, 4.69) is 14.9 Å². The molecule has 0 unspecified atom stereocenters. The third-order valence-corrected chi connectivity index (χ3v) is 4.61. The van der Waals surface area contributed by atoms with Crippen LogP contribution in [-0.4, -0.2) is 58.7 Å². The van der Waals surface area contributed by atoms with E-state index in [-0.39, 0.29) is 17.9 Å². The summed E-state index contributed by atoms with van der Waals surface area (Å²) in [5, 5.41) is 9.13. The Balaban J connectivity index is 1.74. The molecule has 1 N–H and O–H groups in total. The molecule has 2 fully saturated rings. The average Bonchev–Trinajstić information content (AvgIpc) is 2.53. The molecule has 3 rings (SSSR count). The van der Waals surface area contributed by atoms with Crippen LogP contribution < -0.4 is 4.90 Å². The molecular weight excluding hydrogens is 268 g/mol. The maximum Gasteiger partial charge on any atom is 0.225 e. The van der Waals surface area contributed by atoms with Crippen LogP contribution in [0.1, 0.15) is 25.7 Å². The van der Waals surface area contributed by atoms with E-state index in [1.54, 1.807) is 12.4 Å². The minimum Gasteiger partial charge on any atom is -0.395 e. The van der Waals surface area contributed by atoms with Gasteiger partial charge in [0, 0.05) is 50.4 Å². The summed E-state index contributed by atoms with van der Waals surface area (Å²) in [7, 11) is 0. The number of carbonyl (C=O) groups is 1. The van der Waals surface area contributed by atoms with Gasteiger partial charge in [-0.15, -0.1) is 0 Å². The number of rotatable bonds is 3. The molecular formula is C15H22N4O2. The van der Waals surface area contributed by atoms with Crippen molar-refractivity contribution < 1.29 is 9.90 Å². The molecule has 114 valence electrons. The number of hydrogen-bond donors (Lipinski definition) is 1. The lowest BCUT2D eigenvalue weighted by Gasteiger charge is -2.48. The highest BCUT2D eigenvalue weighted by molar-refractivity contribution is 5.77. The lowest BCUT2D eigenvalue weighted by molar-refractivity contribution is -0.138. The Kier molecular flexibility index (Phi) is 4.05. The Morgan fingerprint density at radius 3 is 2.81 bits per heavy atom. The Bertz CT molecular complexity index is 496. The first-order valence-electron chi connectivity index (χ1n) is 7.63. The van der Waals surface area contributed by atoms with Crippen LogP contribution in [0.3, 0.4) is 0 Å². The van der Waals surface area contributed by atoms with Crippen LogP contribution in [-0.2, 0) is 4.79 Å². The number of amides is 1. The molecule has 3 heterocycles. The van der Waals surface area contributed by atoms with Crippen molar-refractivity contribution in [3.05, 3.63) is 18.5 Å². The van der Waals surface area contributed by atoms with E-state index in [0.717, 1.165) is 44.8 Å². The summed E-state index contributed by atoms with van der Waals surface area (Å²) in [6.45, 7) is 3.09. The molecule has 2 aliphatic heterocycles. The third-order valence-electron chi connectivity index (χ3n) is 4.61. The fourth-order valence-electron chi connectivity index (χ4n) is 3.59. The first-order chi connectivity index (χ1) is 10.2. The number of carbonyl (C=O) groups excluding carboxylic acids is 1. The minimum atomic E-state index is 0.0351. The second-order valence-electron chi connectivity index (χ2n) is 6.11. The number of nitrogens with zero attached hydrogens (tertiary/aromatic N) is 4. The molecule has 0 aromatic carbocycles. The van der Waals surface area contributed by atoms with Crippen molar-refractivity contribution in [1.82, 2.24) is 14.9 Å². The molecule has 21 heavy (non-hydrogen) atoms. The molecule has 2 saturated heterocycles. The number of likely N-dealkylation sites (tertiary alicyclic amines) is 1. The van der Waals surface area contributed by atoms with Crippen LogP contribution in [0.15, 0.2) is 18.5 Å². The fraction of sp³-hybridized carbons (Fsp3) is 0.667. The van der Waals surface area contributed by atoms with Crippen LogP contribution >= 0.6 is 0 Å². The number of piperidine rings is 2. The number of β-amino-alcohol motifs (C(OH)–C–C–N with tert-alkyl or cyclic N) is 1.